The molecule has 25 heavy (non-hydrogen) atoms. The number of aryl methyl sites for hydroxylation is 1. The minimum atomic E-state index is -0.480. The van der Waals surface area contributed by atoms with Gasteiger partial charge in [-0.3, -0.25) is 4.79 Å². The molecule has 1 aromatic heterocycles. The highest BCUT2D eigenvalue weighted by Gasteiger charge is 2.32. The smallest absolute Gasteiger partial charge is 0.251 e. The van der Waals surface area contributed by atoms with Crippen molar-refractivity contribution in [1.82, 2.24) is 4.57 Å². The summed E-state index contributed by atoms with van der Waals surface area (Å²) < 4.78 is 17.0. The van der Waals surface area contributed by atoms with E-state index in [2.05, 4.69) is 0 Å². The Morgan fingerprint density at radius 1 is 1.36 bits per heavy atom. The van der Waals surface area contributed by atoms with Crippen molar-refractivity contribution in [2.24, 2.45) is 11.7 Å². The Labute approximate surface area is 145 Å². The Morgan fingerprint density at radius 3 is 2.72 bits per heavy atom. The quantitative estimate of drug-likeness (QED) is 0.931. The molecule has 5 nitrogen and oxygen atoms in total. The molecule has 2 fully saturated rings. The van der Waals surface area contributed by atoms with Gasteiger partial charge >= 0.3 is 0 Å². The largest absolute Gasteiger partial charge is 0.369 e. The second-order valence-electron chi connectivity index (χ2n) is 7.15. The molecule has 1 unspecified atom stereocenters. The van der Waals surface area contributed by atoms with Crippen LogP contribution in [-0.2, 0) is 0 Å². The Hall–Kier alpha value is -2.39. The zero-order valence-electron chi connectivity index (χ0n) is 14.3. The van der Waals surface area contributed by atoms with Crippen molar-refractivity contribution in [3.63, 3.8) is 0 Å². The van der Waals surface area contributed by atoms with Crippen LogP contribution in [0.3, 0.4) is 0 Å². The molecule has 1 aliphatic carbocycles. The van der Waals surface area contributed by atoms with E-state index in [1.807, 2.05) is 17.9 Å². The normalized spacial score (nSPS) is 20.2. The lowest BCUT2D eigenvalue weighted by molar-refractivity contribution is 0.596. The first-order chi connectivity index (χ1) is 12.1. The van der Waals surface area contributed by atoms with E-state index >= 15 is 4.39 Å². The molecule has 1 aliphatic heterocycles. The maximum absolute atomic E-state index is 15.2. The highest BCUT2D eigenvalue weighted by Crippen LogP contribution is 2.41. The van der Waals surface area contributed by atoms with Crippen LogP contribution in [-0.4, -0.2) is 24.2 Å². The van der Waals surface area contributed by atoms with Crippen molar-refractivity contribution in [1.29, 1.82) is 5.26 Å². The molecular weight excluding hydrogens is 319 g/mol. The summed E-state index contributed by atoms with van der Waals surface area (Å²) in [5.74, 6) is -0.146. The molecule has 6 heteroatoms. The molecule has 2 N–H and O–H groups in total. The van der Waals surface area contributed by atoms with Gasteiger partial charge in [-0.25, -0.2) is 4.39 Å². The number of nitrogens with two attached hydrogens (primary N) is 1. The van der Waals surface area contributed by atoms with Crippen LogP contribution in [0.2, 0.25) is 0 Å². The number of anilines is 1. The average molecular weight is 340 g/mol. The number of halogens is 1. The van der Waals surface area contributed by atoms with Crippen molar-refractivity contribution >= 4 is 16.6 Å². The fraction of sp³-hybridized carbons (Fsp3) is 0.474. The van der Waals surface area contributed by atoms with Crippen LogP contribution in [0.4, 0.5) is 10.1 Å². The lowest BCUT2D eigenvalue weighted by Gasteiger charge is -2.25. The van der Waals surface area contributed by atoms with Crippen LogP contribution in [0.5, 0.6) is 0 Å². The highest BCUT2D eigenvalue weighted by atomic mass is 19.1. The summed E-state index contributed by atoms with van der Waals surface area (Å²) in [6.45, 7) is 3.83. The van der Waals surface area contributed by atoms with E-state index in [-0.39, 0.29) is 17.2 Å². The third-order valence-corrected chi connectivity index (χ3v) is 5.49. The molecule has 0 radical (unpaired) electrons. The second kappa shape index (κ2) is 5.85. The van der Waals surface area contributed by atoms with E-state index in [1.54, 1.807) is 10.6 Å². The Kier molecular flexibility index (Phi) is 3.77. The highest BCUT2D eigenvalue weighted by molar-refractivity contribution is 5.93. The molecule has 0 bridgehead atoms. The summed E-state index contributed by atoms with van der Waals surface area (Å²) in [4.78, 5) is 14.4. The minimum Gasteiger partial charge on any atom is -0.369 e. The molecule has 130 valence electrons. The first-order valence-electron chi connectivity index (χ1n) is 8.79. The summed E-state index contributed by atoms with van der Waals surface area (Å²) in [6.07, 6.45) is 2.82. The number of pyridine rings is 1. The third kappa shape index (κ3) is 2.42. The standard InChI is InChI=1S/C19H21FN4O/c1-11-18-14(4-5-16(25)24(18)13-2-3-13)15(9-22)17(20)19(11)23-7-6-12(8-21)10-23/h4-5,12-13H,2-3,6-8,10,21H2,1H3. The fourth-order valence-corrected chi connectivity index (χ4v) is 4.06. The van der Waals surface area contributed by atoms with Crippen molar-refractivity contribution < 1.29 is 4.39 Å². The molecule has 1 atom stereocenters. The van der Waals surface area contributed by atoms with E-state index in [1.165, 1.54) is 6.07 Å². The number of rotatable bonds is 3. The van der Waals surface area contributed by atoms with Gasteiger partial charge in [0.05, 0.1) is 16.8 Å². The second-order valence-corrected chi connectivity index (χ2v) is 7.15. The number of hydrogen-bond donors (Lipinski definition) is 1. The number of nitriles is 1. The third-order valence-electron chi connectivity index (χ3n) is 5.49. The number of benzene rings is 1. The fourth-order valence-electron chi connectivity index (χ4n) is 4.06. The maximum atomic E-state index is 15.2. The van der Waals surface area contributed by atoms with Gasteiger partial charge in [0.25, 0.3) is 5.56 Å². The van der Waals surface area contributed by atoms with Gasteiger partial charge in [-0.1, -0.05) is 0 Å². The van der Waals surface area contributed by atoms with Gasteiger partial charge in [0, 0.05) is 30.6 Å². The van der Waals surface area contributed by atoms with Gasteiger partial charge < -0.3 is 15.2 Å². The van der Waals surface area contributed by atoms with Crippen LogP contribution < -0.4 is 16.2 Å². The van der Waals surface area contributed by atoms with Crippen molar-refractivity contribution in [3.05, 3.63) is 39.4 Å². The van der Waals surface area contributed by atoms with E-state index < -0.39 is 5.82 Å². The molecule has 1 saturated heterocycles. The number of nitrogens with zero attached hydrogens (tertiary/aromatic N) is 3. The van der Waals surface area contributed by atoms with Gasteiger partial charge in [0.1, 0.15) is 6.07 Å². The molecule has 1 saturated carbocycles. The Bertz CT molecular complexity index is 955. The summed E-state index contributed by atoms with van der Waals surface area (Å²) >= 11 is 0. The summed E-state index contributed by atoms with van der Waals surface area (Å²) in [5, 5.41) is 10.1. The summed E-state index contributed by atoms with van der Waals surface area (Å²) in [6, 6.07) is 5.21. The van der Waals surface area contributed by atoms with Crippen molar-refractivity contribution in [3.8, 4) is 6.07 Å². The molecule has 0 spiro atoms. The van der Waals surface area contributed by atoms with Gasteiger partial charge in [-0.2, -0.15) is 5.26 Å². The molecule has 1 aromatic carbocycles. The maximum Gasteiger partial charge on any atom is 0.251 e. The van der Waals surface area contributed by atoms with Crippen LogP contribution in [0.25, 0.3) is 10.9 Å². The van der Waals surface area contributed by atoms with E-state index in [4.69, 9.17) is 5.73 Å². The van der Waals surface area contributed by atoms with Crippen molar-refractivity contribution in [2.45, 2.75) is 32.2 Å². The monoisotopic (exact) mass is 340 g/mol. The predicted octanol–water partition coefficient (Wildman–Crippen LogP) is 2.44. The van der Waals surface area contributed by atoms with Crippen LogP contribution >= 0.6 is 0 Å². The molecule has 4 rings (SSSR count). The lowest BCUT2D eigenvalue weighted by Crippen LogP contribution is -2.26. The first-order valence-corrected chi connectivity index (χ1v) is 8.79. The van der Waals surface area contributed by atoms with E-state index in [0.717, 1.165) is 31.4 Å². The van der Waals surface area contributed by atoms with Gasteiger partial charge in [0.2, 0.25) is 0 Å². The Balaban J connectivity index is 2.02. The minimum absolute atomic E-state index is 0.0289. The number of hydrogen-bond acceptors (Lipinski definition) is 4. The van der Waals surface area contributed by atoms with Crippen molar-refractivity contribution in [2.75, 3.05) is 24.5 Å². The number of aromatic nitrogens is 1. The Morgan fingerprint density at radius 2 is 2.12 bits per heavy atom. The average Bonchev–Trinajstić information content (AvgIpc) is 3.33. The SMILES string of the molecule is Cc1c(N2CCC(CN)C2)c(F)c(C#N)c2ccc(=O)n(C3CC3)c12. The molecular formula is C19H21FN4O. The molecule has 2 aliphatic rings. The van der Waals surface area contributed by atoms with Gasteiger partial charge in [-0.05, 0) is 50.3 Å². The topological polar surface area (TPSA) is 75.1 Å². The molecule has 0 amide bonds. The number of fused-ring (bicyclic) bond motifs is 1. The van der Waals surface area contributed by atoms with Gasteiger partial charge in [0.15, 0.2) is 5.82 Å². The lowest BCUT2D eigenvalue weighted by atomic mass is 10.0. The summed E-state index contributed by atoms with van der Waals surface area (Å²) in [5.41, 5.74) is 7.63. The van der Waals surface area contributed by atoms with E-state index in [0.29, 0.717) is 35.6 Å². The predicted molar refractivity (Wildman–Crippen MR) is 95.3 cm³/mol. The zero-order chi connectivity index (χ0) is 17.7. The van der Waals surface area contributed by atoms with E-state index in [9.17, 15) is 10.1 Å². The molecule has 2 aromatic rings. The van der Waals surface area contributed by atoms with Gasteiger partial charge in [-0.15, -0.1) is 0 Å². The molecule has 2 heterocycles. The van der Waals surface area contributed by atoms with Crippen LogP contribution in [0.1, 0.15) is 36.4 Å². The van der Waals surface area contributed by atoms with Crippen LogP contribution in [0.15, 0.2) is 16.9 Å². The first kappa shape index (κ1) is 16.1. The van der Waals surface area contributed by atoms with Crippen LogP contribution in [0, 0.1) is 30.0 Å². The zero-order valence-corrected chi connectivity index (χ0v) is 14.3. The summed E-state index contributed by atoms with van der Waals surface area (Å²) in [7, 11) is 0.